The molecule has 0 radical (unpaired) electrons. The van der Waals surface area contributed by atoms with Crippen LogP contribution in [0.2, 0.25) is 0 Å². The van der Waals surface area contributed by atoms with E-state index in [1.807, 2.05) is 39.6 Å². The van der Waals surface area contributed by atoms with Crippen LogP contribution in [0.15, 0.2) is 6.07 Å². The molecular weight excluding hydrogens is 477 g/mol. The van der Waals surface area contributed by atoms with Crippen LogP contribution in [0.25, 0.3) is 0 Å². The number of nitrogens with one attached hydrogen (secondary N) is 2. The molecule has 3 rings (SSSR count). The molecule has 1 amide bonds. The van der Waals surface area contributed by atoms with Crippen LogP contribution in [0.4, 0.5) is 10.6 Å². The Kier molecular flexibility index (Phi) is 5.90. The molecule has 2 aliphatic heterocycles. The van der Waals surface area contributed by atoms with Gasteiger partial charge in [0.2, 0.25) is 0 Å². The van der Waals surface area contributed by atoms with Gasteiger partial charge in [0.15, 0.2) is 0 Å². The zero-order valence-electron chi connectivity index (χ0n) is 16.5. The first-order chi connectivity index (χ1) is 12.7. The number of hydrogen-bond acceptors (Lipinski definition) is 5. The van der Waals surface area contributed by atoms with Crippen molar-refractivity contribution >= 4 is 48.1 Å². The molecule has 0 saturated carbocycles. The van der Waals surface area contributed by atoms with E-state index >= 15 is 0 Å². The third kappa shape index (κ3) is 4.03. The van der Waals surface area contributed by atoms with Crippen LogP contribution >= 0.6 is 30.3 Å². The smallest absolute Gasteiger partial charge is 0.410 e. The number of likely N-dealkylation sites (tertiary alicyclic amines) is 1. The highest BCUT2D eigenvalue weighted by Crippen LogP contribution is 2.35. The average molecular weight is 505 g/mol. The summed E-state index contributed by atoms with van der Waals surface area (Å²) in [5.41, 5.74) is 1.53. The summed E-state index contributed by atoms with van der Waals surface area (Å²) in [6.45, 7) is 9.11. The number of ether oxygens (including phenoxy) is 1. The van der Waals surface area contributed by atoms with Gasteiger partial charge in [-0.05, 0) is 46.6 Å². The van der Waals surface area contributed by atoms with E-state index in [1.165, 1.54) is 0 Å². The van der Waals surface area contributed by atoms with Gasteiger partial charge in [0.05, 0.1) is 17.6 Å². The van der Waals surface area contributed by atoms with Crippen LogP contribution < -0.4 is 5.32 Å². The van der Waals surface area contributed by atoms with E-state index in [2.05, 4.69) is 41.5 Å². The lowest BCUT2D eigenvalue weighted by Crippen LogP contribution is -2.57. The Morgan fingerprint density at radius 3 is 2.41 bits per heavy atom. The van der Waals surface area contributed by atoms with Gasteiger partial charge < -0.3 is 15.0 Å². The molecule has 2 unspecified atom stereocenters. The van der Waals surface area contributed by atoms with Gasteiger partial charge in [-0.2, -0.15) is 0 Å². The highest BCUT2D eigenvalue weighted by Gasteiger charge is 2.45. The first-order valence-electron chi connectivity index (χ1n) is 9.20. The van der Waals surface area contributed by atoms with Crippen molar-refractivity contribution in [1.82, 2.24) is 13.8 Å². The van der Waals surface area contributed by atoms with Gasteiger partial charge >= 0.3 is 6.09 Å². The average Bonchev–Trinajstić information content (AvgIpc) is 3.05. The van der Waals surface area contributed by atoms with Gasteiger partial charge in [0.1, 0.15) is 17.3 Å². The normalized spacial score (nSPS) is 22.1. The molecule has 2 atom stereocenters. The second kappa shape index (κ2) is 7.73. The van der Waals surface area contributed by atoms with Crippen LogP contribution in [0, 0.1) is 12.3 Å². The zero-order chi connectivity index (χ0) is 19.9. The number of amides is 1. The predicted molar refractivity (Wildman–Crippen MR) is 119 cm³/mol. The summed E-state index contributed by atoms with van der Waals surface area (Å²) in [6, 6.07) is 2.28. The van der Waals surface area contributed by atoms with Crippen LogP contribution in [-0.4, -0.2) is 63.5 Å². The van der Waals surface area contributed by atoms with Gasteiger partial charge in [-0.15, -0.1) is 0 Å². The second-order valence-corrected chi connectivity index (χ2v) is 9.87. The number of fused-ring (bicyclic) bond motifs is 2. The fraction of sp³-hybridized carbons (Fsp3) is 0.667. The van der Waals surface area contributed by atoms with E-state index < -0.39 is 5.60 Å². The number of halogens is 1. The monoisotopic (exact) mass is 505 g/mol. The van der Waals surface area contributed by atoms with E-state index in [0.717, 1.165) is 29.9 Å². The summed E-state index contributed by atoms with van der Waals surface area (Å²) >= 11 is 2.25. The molecule has 3 heterocycles. The topological polar surface area (TPSA) is 73.6 Å². The number of aromatic nitrogens is 1. The van der Waals surface area contributed by atoms with Crippen molar-refractivity contribution in [2.24, 2.45) is 0 Å². The summed E-state index contributed by atoms with van der Waals surface area (Å²) in [4.78, 5) is 16.6. The number of anilines is 1. The van der Waals surface area contributed by atoms with Crippen LogP contribution in [0.5, 0.6) is 0 Å². The Balaban J connectivity index is 1.77. The number of aryl methyl sites for hydroxylation is 1. The van der Waals surface area contributed by atoms with Crippen molar-refractivity contribution in [1.29, 1.82) is 5.41 Å². The maximum atomic E-state index is 12.6. The number of rotatable bonds is 3. The molecule has 2 saturated heterocycles. The highest BCUT2D eigenvalue weighted by molar-refractivity contribution is 14.2. The lowest BCUT2D eigenvalue weighted by molar-refractivity contribution is 0.00278. The molecule has 2 bridgehead atoms. The molecule has 150 valence electrons. The summed E-state index contributed by atoms with van der Waals surface area (Å²) in [6.07, 6.45) is 1.72. The highest BCUT2D eigenvalue weighted by atomic mass is 127. The molecule has 2 fully saturated rings. The summed E-state index contributed by atoms with van der Waals surface area (Å²) < 4.78 is 7.70. The van der Waals surface area contributed by atoms with E-state index in [0.29, 0.717) is 18.9 Å². The fourth-order valence-corrected chi connectivity index (χ4v) is 5.94. The molecule has 2 N–H and O–H groups in total. The number of hydrogen-bond donors (Lipinski definition) is 2. The minimum absolute atomic E-state index is 0.110. The van der Waals surface area contributed by atoms with Crippen molar-refractivity contribution in [2.75, 3.05) is 25.5 Å². The molecule has 0 aromatic carbocycles. The van der Waals surface area contributed by atoms with E-state index in [-0.39, 0.29) is 18.2 Å². The Bertz CT molecular complexity index is 731. The standard InChI is InChI=1S/C18H28IN5O2S/c1-11-8-14(16(21-5)24(11)27-19)15(20)22-9-12-6-7-13(10-22)23(12)17(25)26-18(2,3)4/h8,12-13,20-21H,6-7,9-10H2,1-5H3. The Morgan fingerprint density at radius 2 is 1.93 bits per heavy atom. The summed E-state index contributed by atoms with van der Waals surface area (Å²) in [5.74, 6) is 1.46. The summed E-state index contributed by atoms with van der Waals surface area (Å²) in [5, 5.41) is 12.0. The largest absolute Gasteiger partial charge is 0.444 e. The molecule has 1 aromatic rings. The van der Waals surface area contributed by atoms with E-state index in [9.17, 15) is 4.79 Å². The minimum Gasteiger partial charge on any atom is -0.444 e. The van der Waals surface area contributed by atoms with E-state index in [1.54, 1.807) is 9.12 Å². The lowest BCUT2D eigenvalue weighted by atomic mass is 10.1. The van der Waals surface area contributed by atoms with E-state index in [4.69, 9.17) is 10.1 Å². The number of amidine groups is 1. The first-order valence-corrected chi connectivity index (χ1v) is 12.5. The van der Waals surface area contributed by atoms with Gasteiger partial charge in [-0.25, -0.2) is 4.79 Å². The van der Waals surface area contributed by atoms with Gasteiger partial charge in [-0.3, -0.25) is 14.3 Å². The molecule has 1 aromatic heterocycles. The number of carbonyl (C=O) groups is 1. The summed E-state index contributed by atoms with van der Waals surface area (Å²) in [7, 11) is 3.48. The molecular formula is C18H28IN5O2S. The number of nitrogens with zero attached hydrogens (tertiary/aromatic N) is 3. The SMILES string of the molecule is CNc1c(C(=N)N2CC3CCC(C2)N3C(=O)OC(C)(C)C)cc(C)n1SI. The maximum Gasteiger partial charge on any atom is 0.410 e. The van der Waals surface area contributed by atoms with Crippen molar-refractivity contribution in [2.45, 2.75) is 58.2 Å². The second-order valence-electron chi connectivity index (χ2n) is 8.19. The molecule has 0 aliphatic carbocycles. The third-order valence-corrected chi connectivity index (χ3v) is 6.89. The molecule has 27 heavy (non-hydrogen) atoms. The molecule has 2 aliphatic rings. The van der Waals surface area contributed by atoms with Gasteiger partial charge in [0.25, 0.3) is 0 Å². The fourth-order valence-electron chi connectivity index (χ4n) is 4.00. The third-order valence-electron chi connectivity index (χ3n) is 5.10. The first kappa shape index (κ1) is 20.6. The van der Waals surface area contributed by atoms with Crippen LogP contribution in [-0.2, 0) is 4.74 Å². The van der Waals surface area contributed by atoms with Gasteiger partial charge in [0, 0.05) is 56.2 Å². The van der Waals surface area contributed by atoms with Gasteiger partial charge in [-0.1, -0.05) is 0 Å². The van der Waals surface area contributed by atoms with Crippen molar-refractivity contribution in [3.63, 3.8) is 0 Å². The van der Waals surface area contributed by atoms with Crippen molar-refractivity contribution in [3.05, 3.63) is 17.3 Å². The maximum absolute atomic E-state index is 12.6. The predicted octanol–water partition coefficient (Wildman–Crippen LogP) is 4.09. The van der Waals surface area contributed by atoms with Crippen molar-refractivity contribution in [3.8, 4) is 0 Å². The number of carbonyl (C=O) groups excluding carboxylic acids is 1. The lowest BCUT2D eigenvalue weighted by Gasteiger charge is -2.42. The molecule has 7 nitrogen and oxygen atoms in total. The van der Waals surface area contributed by atoms with Crippen LogP contribution in [0.3, 0.4) is 0 Å². The minimum atomic E-state index is -0.487. The molecule has 9 heteroatoms. The Hall–Kier alpha value is -1.10. The zero-order valence-corrected chi connectivity index (χ0v) is 19.5. The van der Waals surface area contributed by atoms with Crippen LogP contribution in [0.1, 0.15) is 44.9 Å². The Morgan fingerprint density at radius 1 is 1.33 bits per heavy atom. The Labute approximate surface area is 177 Å². The van der Waals surface area contributed by atoms with Crippen molar-refractivity contribution < 1.29 is 9.53 Å². The molecule has 0 spiro atoms. The quantitative estimate of drug-likeness (QED) is 0.368. The number of piperazine rings is 1.